The van der Waals surface area contributed by atoms with E-state index in [9.17, 15) is 13.2 Å². The van der Waals surface area contributed by atoms with Crippen LogP contribution in [-0.2, 0) is 6.18 Å². The molecule has 1 nitrogen and oxygen atoms in total. The van der Waals surface area contributed by atoms with Crippen molar-refractivity contribution in [2.75, 3.05) is 0 Å². The molecule has 80 valence electrons. The Morgan fingerprint density at radius 1 is 1.21 bits per heavy atom. The van der Waals surface area contributed by atoms with Crippen molar-refractivity contribution in [3.63, 3.8) is 0 Å². The van der Waals surface area contributed by atoms with Crippen molar-refractivity contribution >= 4 is 23.2 Å². The Morgan fingerprint density at radius 2 is 1.71 bits per heavy atom. The minimum atomic E-state index is -4.43. The monoisotopic (exact) mass is 245 g/mol. The fourth-order valence-corrected chi connectivity index (χ4v) is 0.846. The van der Waals surface area contributed by atoms with Gasteiger partial charge >= 0.3 is 6.18 Å². The van der Waals surface area contributed by atoms with Crippen molar-refractivity contribution in [1.82, 2.24) is 4.98 Å². The Labute approximate surface area is 89.9 Å². The second kappa shape index (κ2) is 5.41. The summed E-state index contributed by atoms with van der Waals surface area (Å²) in [6, 6.07) is 0.733. The lowest BCUT2D eigenvalue weighted by molar-refractivity contribution is -0.137. The average Bonchev–Trinajstić information content (AvgIpc) is 2.11. The summed E-state index contributed by atoms with van der Waals surface area (Å²) < 4.78 is 35.9. The number of hydrogen-bond donors (Lipinski definition) is 0. The zero-order chi connectivity index (χ0) is 11.4. The Bertz CT molecular complexity index is 299. The maximum Gasteiger partial charge on any atom is 0.417 e. The molecule has 6 heteroatoms. The van der Waals surface area contributed by atoms with Crippen molar-refractivity contribution in [2.24, 2.45) is 0 Å². The number of halogens is 5. The number of alkyl halides is 3. The fraction of sp³-hybridized carbons (Fsp3) is 0.375. The predicted molar refractivity (Wildman–Crippen MR) is 50.6 cm³/mol. The summed E-state index contributed by atoms with van der Waals surface area (Å²) in [6.45, 7) is 4.00. The topological polar surface area (TPSA) is 12.9 Å². The molecule has 1 heterocycles. The van der Waals surface area contributed by atoms with Crippen LogP contribution in [0.5, 0.6) is 0 Å². The molecule has 1 aromatic rings. The first-order chi connectivity index (χ1) is 6.41. The zero-order valence-corrected chi connectivity index (χ0v) is 9.00. The van der Waals surface area contributed by atoms with E-state index in [4.69, 9.17) is 23.2 Å². The molecule has 0 radical (unpaired) electrons. The van der Waals surface area contributed by atoms with E-state index in [-0.39, 0.29) is 10.2 Å². The molecular formula is C8H8Cl2F3N. The van der Waals surface area contributed by atoms with Gasteiger partial charge in [-0.1, -0.05) is 37.0 Å². The lowest BCUT2D eigenvalue weighted by atomic mass is 10.3. The molecule has 0 atom stereocenters. The molecule has 0 aliphatic rings. The van der Waals surface area contributed by atoms with Gasteiger partial charge in [0.2, 0.25) is 0 Å². The Kier molecular flexibility index (Phi) is 5.23. The highest BCUT2D eigenvalue weighted by molar-refractivity contribution is 6.41. The first-order valence-corrected chi connectivity index (χ1v) is 4.55. The van der Waals surface area contributed by atoms with Gasteiger partial charge < -0.3 is 0 Å². The van der Waals surface area contributed by atoms with Gasteiger partial charge in [-0.2, -0.15) is 13.2 Å². The highest BCUT2D eigenvalue weighted by atomic mass is 35.5. The van der Waals surface area contributed by atoms with E-state index in [1.807, 2.05) is 13.8 Å². The first kappa shape index (κ1) is 13.5. The van der Waals surface area contributed by atoms with Crippen LogP contribution in [0.3, 0.4) is 0 Å². The van der Waals surface area contributed by atoms with Crippen molar-refractivity contribution < 1.29 is 13.2 Å². The molecule has 0 bridgehead atoms. The molecule has 1 aromatic heterocycles. The van der Waals surface area contributed by atoms with Gasteiger partial charge in [0.15, 0.2) is 0 Å². The molecule has 0 N–H and O–H groups in total. The fourth-order valence-electron chi connectivity index (χ4n) is 0.576. The molecule has 0 amide bonds. The third-order valence-corrected chi connectivity index (χ3v) is 1.81. The van der Waals surface area contributed by atoms with Gasteiger partial charge in [-0.05, 0) is 6.07 Å². The maximum absolute atomic E-state index is 12.0. The van der Waals surface area contributed by atoms with E-state index in [2.05, 4.69) is 4.98 Å². The lowest BCUT2D eigenvalue weighted by Gasteiger charge is -2.05. The van der Waals surface area contributed by atoms with Crippen molar-refractivity contribution in [3.05, 3.63) is 28.0 Å². The van der Waals surface area contributed by atoms with Gasteiger partial charge in [0.05, 0.1) is 10.6 Å². The Morgan fingerprint density at radius 3 is 2.07 bits per heavy atom. The molecule has 0 aliphatic carbocycles. The molecule has 0 unspecified atom stereocenters. The number of aromatic nitrogens is 1. The van der Waals surface area contributed by atoms with E-state index in [1.54, 1.807) is 0 Å². The molecule has 14 heavy (non-hydrogen) atoms. The van der Waals surface area contributed by atoms with Crippen LogP contribution in [0, 0.1) is 0 Å². The van der Waals surface area contributed by atoms with Crippen LogP contribution >= 0.6 is 23.2 Å². The maximum atomic E-state index is 12.0. The molecule has 0 saturated carbocycles. The summed E-state index contributed by atoms with van der Waals surface area (Å²) in [4.78, 5) is 3.26. The summed E-state index contributed by atoms with van der Waals surface area (Å²) in [6.07, 6.45) is -3.80. The molecule has 0 fully saturated rings. The van der Waals surface area contributed by atoms with E-state index >= 15 is 0 Å². The molecular weight excluding hydrogens is 238 g/mol. The summed E-state index contributed by atoms with van der Waals surface area (Å²) in [7, 11) is 0. The van der Waals surface area contributed by atoms with Gasteiger partial charge in [0.1, 0.15) is 5.15 Å². The largest absolute Gasteiger partial charge is 0.417 e. The smallest absolute Gasteiger partial charge is 0.242 e. The highest BCUT2D eigenvalue weighted by Crippen LogP contribution is 2.31. The first-order valence-electron chi connectivity index (χ1n) is 3.79. The van der Waals surface area contributed by atoms with Gasteiger partial charge in [0, 0.05) is 6.20 Å². The van der Waals surface area contributed by atoms with Crippen LogP contribution in [0.15, 0.2) is 12.3 Å². The summed E-state index contributed by atoms with van der Waals surface area (Å²) in [5, 5.41) is -0.337. The second-order valence-corrected chi connectivity index (χ2v) is 2.76. The SMILES string of the molecule is CC.FC(F)(F)c1cnc(Cl)c(Cl)c1. The van der Waals surface area contributed by atoms with Crippen LogP contribution < -0.4 is 0 Å². The quantitative estimate of drug-likeness (QED) is 0.617. The molecule has 0 spiro atoms. The summed E-state index contributed by atoms with van der Waals surface area (Å²) >= 11 is 10.6. The standard InChI is InChI=1S/C6H2Cl2F3N.C2H6/c7-4-1-3(6(9,10)11)2-12-5(4)8;1-2/h1-2H;1-2H3. The summed E-state index contributed by atoms with van der Waals surface area (Å²) in [5.41, 5.74) is -0.906. The number of rotatable bonds is 0. The van der Waals surface area contributed by atoms with Crippen LogP contribution in [0.2, 0.25) is 10.2 Å². The predicted octanol–water partition coefficient (Wildman–Crippen LogP) is 4.43. The van der Waals surface area contributed by atoms with Crippen molar-refractivity contribution in [2.45, 2.75) is 20.0 Å². The van der Waals surface area contributed by atoms with Gasteiger partial charge in [-0.25, -0.2) is 4.98 Å². The van der Waals surface area contributed by atoms with Crippen molar-refractivity contribution in [1.29, 1.82) is 0 Å². The third kappa shape index (κ3) is 3.72. The van der Waals surface area contributed by atoms with E-state index in [0.717, 1.165) is 6.07 Å². The van der Waals surface area contributed by atoms with Gasteiger partial charge in [-0.15, -0.1) is 0 Å². The molecule has 0 saturated heterocycles. The zero-order valence-electron chi connectivity index (χ0n) is 7.49. The van der Waals surface area contributed by atoms with Crippen LogP contribution in [0.1, 0.15) is 19.4 Å². The van der Waals surface area contributed by atoms with Crippen LogP contribution in [0.25, 0.3) is 0 Å². The average molecular weight is 246 g/mol. The van der Waals surface area contributed by atoms with E-state index in [0.29, 0.717) is 6.20 Å². The van der Waals surface area contributed by atoms with E-state index in [1.165, 1.54) is 0 Å². The molecule has 0 aromatic carbocycles. The number of pyridine rings is 1. The number of hydrogen-bond acceptors (Lipinski definition) is 1. The molecule has 1 rings (SSSR count). The highest BCUT2D eigenvalue weighted by Gasteiger charge is 2.31. The number of nitrogens with zero attached hydrogens (tertiary/aromatic N) is 1. The minimum Gasteiger partial charge on any atom is -0.242 e. The van der Waals surface area contributed by atoms with Crippen molar-refractivity contribution in [3.8, 4) is 0 Å². The van der Waals surface area contributed by atoms with Gasteiger partial charge in [-0.3, -0.25) is 0 Å². The normalized spacial score (nSPS) is 10.5. The lowest BCUT2D eigenvalue weighted by Crippen LogP contribution is -2.05. The van der Waals surface area contributed by atoms with Gasteiger partial charge in [0.25, 0.3) is 0 Å². The molecule has 0 aliphatic heterocycles. The van der Waals surface area contributed by atoms with Crippen LogP contribution in [-0.4, -0.2) is 4.98 Å². The summed E-state index contributed by atoms with van der Waals surface area (Å²) in [5.74, 6) is 0. The van der Waals surface area contributed by atoms with Crippen LogP contribution in [0.4, 0.5) is 13.2 Å². The third-order valence-electron chi connectivity index (χ3n) is 1.12. The Balaban J connectivity index is 0.000000791. The second-order valence-electron chi connectivity index (χ2n) is 1.99. The minimum absolute atomic E-state index is 0.135. The van der Waals surface area contributed by atoms with E-state index < -0.39 is 11.7 Å². The Hall–Kier alpha value is -0.480.